The summed E-state index contributed by atoms with van der Waals surface area (Å²) in [5, 5.41) is 6.78. The highest BCUT2D eigenvalue weighted by molar-refractivity contribution is 5.33. The van der Waals surface area contributed by atoms with Gasteiger partial charge in [-0.2, -0.15) is 4.98 Å². The van der Waals surface area contributed by atoms with Gasteiger partial charge in [-0.1, -0.05) is 6.42 Å². The fraction of sp³-hybridized carbons (Fsp3) is 0.667. The highest BCUT2D eigenvalue weighted by Crippen LogP contribution is 2.11. The Bertz CT molecular complexity index is 339. The Morgan fingerprint density at radius 3 is 3.18 bits per heavy atom. The van der Waals surface area contributed by atoms with Crippen LogP contribution in [0.15, 0.2) is 12.4 Å². The van der Waals surface area contributed by atoms with E-state index in [0.717, 1.165) is 18.9 Å². The number of hydrogen-bond acceptors (Lipinski definition) is 5. The van der Waals surface area contributed by atoms with Crippen molar-refractivity contribution < 1.29 is 4.74 Å². The van der Waals surface area contributed by atoms with Gasteiger partial charge in [0.25, 0.3) is 0 Å². The minimum Gasteiger partial charge on any atom is -0.477 e. The summed E-state index contributed by atoms with van der Waals surface area (Å²) in [6.45, 7) is 4.57. The van der Waals surface area contributed by atoms with E-state index in [1.807, 2.05) is 6.92 Å². The van der Waals surface area contributed by atoms with Gasteiger partial charge >= 0.3 is 0 Å². The summed E-state index contributed by atoms with van der Waals surface area (Å²) in [5.41, 5.74) is 0. The molecule has 94 valence electrons. The average Bonchev–Trinajstić information content (AvgIpc) is 2.39. The predicted molar refractivity (Wildman–Crippen MR) is 67.3 cm³/mol. The van der Waals surface area contributed by atoms with Gasteiger partial charge in [0, 0.05) is 12.6 Å². The molecule has 0 spiro atoms. The van der Waals surface area contributed by atoms with Gasteiger partial charge in [0.2, 0.25) is 5.88 Å². The average molecular weight is 236 g/mol. The second kappa shape index (κ2) is 6.39. The van der Waals surface area contributed by atoms with Crippen LogP contribution >= 0.6 is 0 Å². The van der Waals surface area contributed by atoms with E-state index in [9.17, 15) is 0 Å². The maximum atomic E-state index is 5.31. The number of nitrogens with zero attached hydrogens (tertiary/aromatic N) is 2. The zero-order valence-corrected chi connectivity index (χ0v) is 10.3. The van der Waals surface area contributed by atoms with Crippen molar-refractivity contribution in [1.82, 2.24) is 15.3 Å². The molecule has 1 aromatic rings. The zero-order chi connectivity index (χ0) is 11.9. The highest BCUT2D eigenvalue weighted by atomic mass is 16.5. The lowest BCUT2D eigenvalue weighted by molar-refractivity contribution is 0.325. The van der Waals surface area contributed by atoms with Crippen LogP contribution in [0.1, 0.15) is 26.2 Å². The monoisotopic (exact) mass is 236 g/mol. The summed E-state index contributed by atoms with van der Waals surface area (Å²) in [7, 11) is 0. The van der Waals surface area contributed by atoms with Gasteiger partial charge in [-0.3, -0.25) is 4.98 Å². The van der Waals surface area contributed by atoms with Crippen molar-refractivity contribution in [3.8, 4) is 5.88 Å². The van der Waals surface area contributed by atoms with Gasteiger partial charge in [0.05, 0.1) is 19.0 Å². The van der Waals surface area contributed by atoms with E-state index in [4.69, 9.17) is 4.74 Å². The minimum absolute atomic E-state index is 0.543. The predicted octanol–water partition coefficient (Wildman–Crippen LogP) is 1.43. The maximum Gasteiger partial charge on any atom is 0.234 e. The van der Waals surface area contributed by atoms with Crippen molar-refractivity contribution in [3.05, 3.63) is 12.4 Å². The molecule has 1 aromatic heterocycles. The molecule has 1 fully saturated rings. The Kier molecular flexibility index (Phi) is 4.55. The number of piperidine rings is 1. The summed E-state index contributed by atoms with van der Waals surface area (Å²) in [6.07, 6.45) is 7.19. The third-order valence-electron chi connectivity index (χ3n) is 2.85. The number of aromatic nitrogens is 2. The molecule has 0 aliphatic carbocycles. The molecule has 2 N–H and O–H groups in total. The first kappa shape index (κ1) is 12.1. The molecule has 17 heavy (non-hydrogen) atoms. The van der Waals surface area contributed by atoms with Crippen LogP contribution in [0, 0.1) is 0 Å². The molecule has 0 radical (unpaired) electrons. The Morgan fingerprint density at radius 1 is 1.47 bits per heavy atom. The van der Waals surface area contributed by atoms with E-state index < -0.39 is 0 Å². The molecule has 1 aliphatic rings. The Balaban J connectivity index is 1.83. The molecule has 5 heteroatoms. The summed E-state index contributed by atoms with van der Waals surface area (Å²) in [5.74, 6) is 1.36. The number of nitrogens with one attached hydrogen (secondary N) is 2. The Morgan fingerprint density at radius 2 is 2.41 bits per heavy atom. The first-order chi connectivity index (χ1) is 8.38. The summed E-state index contributed by atoms with van der Waals surface area (Å²) < 4.78 is 5.31. The van der Waals surface area contributed by atoms with Crippen molar-refractivity contribution in [3.63, 3.8) is 0 Å². The van der Waals surface area contributed by atoms with Crippen LogP contribution < -0.4 is 15.4 Å². The largest absolute Gasteiger partial charge is 0.477 e. The van der Waals surface area contributed by atoms with Gasteiger partial charge in [-0.25, -0.2) is 0 Å². The molecular formula is C12H20N4O. The lowest BCUT2D eigenvalue weighted by atomic mass is 10.1. The zero-order valence-electron chi connectivity index (χ0n) is 10.3. The summed E-state index contributed by atoms with van der Waals surface area (Å²) >= 11 is 0. The maximum absolute atomic E-state index is 5.31. The van der Waals surface area contributed by atoms with Gasteiger partial charge in [-0.15, -0.1) is 0 Å². The molecular weight excluding hydrogens is 216 g/mol. The fourth-order valence-corrected chi connectivity index (χ4v) is 1.98. The Labute approximate surface area is 102 Å². The van der Waals surface area contributed by atoms with E-state index in [2.05, 4.69) is 20.6 Å². The van der Waals surface area contributed by atoms with Gasteiger partial charge in [-0.05, 0) is 26.3 Å². The van der Waals surface area contributed by atoms with Crippen LogP contribution in [0.5, 0.6) is 5.88 Å². The minimum atomic E-state index is 0.543. The highest BCUT2D eigenvalue weighted by Gasteiger charge is 2.12. The molecule has 1 atom stereocenters. The van der Waals surface area contributed by atoms with Crippen LogP contribution in [-0.4, -0.2) is 35.7 Å². The topological polar surface area (TPSA) is 59.1 Å². The normalized spacial score (nSPS) is 19.9. The molecule has 1 saturated heterocycles. The fourth-order valence-electron chi connectivity index (χ4n) is 1.98. The molecule has 1 aliphatic heterocycles. The third-order valence-corrected chi connectivity index (χ3v) is 2.85. The van der Waals surface area contributed by atoms with Crippen LogP contribution in [0.2, 0.25) is 0 Å². The SMILES string of the molecule is CCOc1cncc(NCC2CCCCN2)n1. The van der Waals surface area contributed by atoms with E-state index in [0.29, 0.717) is 18.5 Å². The molecule has 0 aromatic carbocycles. The van der Waals surface area contributed by atoms with E-state index in [1.165, 1.54) is 19.3 Å². The number of hydrogen-bond donors (Lipinski definition) is 2. The van der Waals surface area contributed by atoms with E-state index in [-0.39, 0.29) is 0 Å². The first-order valence-corrected chi connectivity index (χ1v) is 6.30. The van der Waals surface area contributed by atoms with E-state index >= 15 is 0 Å². The van der Waals surface area contributed by atoms with Gasteiger partial charge in [0.15, 0.2) is 0 Å². The number of rotatable bonds is 5. The van der Waals surface area contributed by atoms with E-state index in [1.54, 1.807) is 12.4 Å². The van der Waals surface area contributed by atoms with Crippen LogP contribution in [0.4, 0.5) is 5.82 Å². The molecule has 0 saturated carbocycles. The van der Waals surface area contributed by atoms with Crippen LogP contribution in [0.25, 0.3) is 0 Å². The lowest BCUT2D eigenvalue weighted by Gasteiger charge is -2.23. The van der Waals surface area contributed by atoms with Crippen LogP contribution in [0.3, 0.4) is 0 Å². The quantitative estimate of drug-likeness (QED) is 0.810. The number of anilines is 1. The molecule has 0 bridgehead atoms. The molecule has 2 rings (SSSR count). The molecule has 5 nitrogen and oxygen atoms in total. The van der Waals surface area contributed by atoms with Crippen molar-refractivity contribution in [2.75, 3.05) is 25.0 Å². The van der Waals surface area contributed by atoms with Crippen molar-refractivity contribution in [2.24, 2.45) is 0 Å². The third kappa shape index (κ3) is 3.85. The summed E-state index contributed by atoms with van der Waals surface area (Å²) in [6, 6.07) is 0.543. The van der Waals surface area contributed by atoms with Crippen molar-refractivity contribution in [1.29, 1.82) is 0 Å². The second-order valence-corrected chi connectivity index (χ2v) is 4.20. The van der Waals surface area contributed by atoms with Gasteiger partial charge < -0.3 is 15.4 Å². The summed E-state index contributed by atoms with van der Waals surface area (Å²) in [4.78, 5) is 8.42. The molecule has 0 amide bonds. The number of ether oxygens (including phenoxy) is 1. The van der Waals surface area contributed by atoms with Crippen molar-refractivity contribution in [2.45, 2.75) is 32.2 Å². The van der Waals surface area contributed by atoms with Gasteiger partial charge in [0.1, 0.15) is 5.82 Å². The molecule has 2 heterocycles. The standard InChI is InChI=1S/C12H20N4O/c1-2-17-12-9-13-8-11(16-12)15-7-10-5-3-4-6-14-10/h8-10,14H,2-7H2,1H3,(H,15,16). The smallest absolute Gasteiger partial charge is 0.234 e. The lowest BCUT2D eigenvalue weighted by Crippen LogP contribution is -2.39. The first-order valence-electron chi connectivity index (χ1n) is 6.30. The van der Waals surface area contributed by atoms with Crippen molar-refractivity contribution >= 4 is 5.82 Å². The van der Waals surface area contributed by atoms with Crippen LogP contribution in [-0.2, 0) is 0 Å². The molecule has 1 unspecified atom stereocenters. The second-order valence-electron chi connectivity index (χ2n) is 4.20. The Hall–Kier alpha value is -1.36.